The summed E-state index contributed by atoms with van der Waals surface area (Å²) < 4.78 is 11.4. The number of rotatable bonds is 5. The molecule has 0 fully saturated rings. The van der Waals surface area contributed by atoms with Gasteiger partial charge in [-0.3, -0.25) is 4.79 Å². The van der Waals surface area contributed by atoms with E-state index in [-0.39, 0.29) is 17.8 Å². The van der Waals surface area contributed by atoms with Crippen LogP contribution in [0.5, 0.6) is 17.2 Å². The summed E-state index contributed by atoms with van der Waals surface area (Å²) in [6, 6.07) is 14.3. The highest BCUT2D eigenvalue weighted by atomic mass is 32.2. The molecule has 1 aliphatic heterocycles. The topological polar surface area (TPSA) is 67.8 Å². The molecule has 0 saturated carbocycles. The zero-order chi connectivity index (χ0) is 16.1. The Labute approximate surface area is 138 Å². The minimum absolute atomic E-state index is 0.0643. The number of carbonyl (C=O) groups is 1. The molecule has 120 valence electrons. The standard InChI is InChI=1S/C17H17NO4S/c19-12-5-7-14(8-6-12)23-11-17(20)18-9-13-10-21-15-3-1-2-4-16(15)22-13/h1-8,13,19H,9-11H2,(H,18,20)/t13-/m1/s1. The van der Waals surface area contributed by atoms with Crippen molar-refractivity contribution in [2.75, 3.05) is 18.9 Å². The molecule has 2 N–H and O–H groups in total. The number of fused-ring (bicyclic) bond motifs is 1. The highest BCUT2D eigenvalue weighted by molar-refractivity contribution is 8.00. The van der Waals surface area contributed by atoms with Crippen LogP contribution in [-0.2, 0) is 4.79 Å². The third kappa shape index (κ3) is 4.32. The maximum Gasteiger partial charge on any atom is 0.230 e. The maximum atomic E-state index is 11.9. The number of aromatic hydroxyl groups is 1. The molecule has 0 unspecified atom stereocenters. The molecule has 2 aromatic carbocycles. The van der Waals surface area contributed by atoms with Crippen LogP contribution in [-0.4, -0.2) is 36.0 Å². The molecule has 1 amide bonds. The van der Waals surface area contributed by atoms with Gasteiger partial charge in [-0.25, -0.2) is 0 Å². The van der Waals surface area contributed by atoms with Crippen molar-refractivity contribution in [3.05, 3.63) is 48.5 Å². The molecule has 3 rings (SSSR count). The van der Waals surface area contributed by atoms with Gasteiger partial charge in [0, 0.05) is 4.90 Å². The van der Waals surface area contributed by atoms with Crippen LogP contribution in [0, 0.1) is 0 Å². The van der Waals surface area contributed by atoms with E-state index in [1.54, 1.807) is 24.3 Å². The van der Waals surface area contributed by atoms with Gasteiger partial charge in [-0.1, -0.05) is 12.1 Å². The van der Waals surface area contributed by atoms with Gasteiger partial charge in [0.1, 0.15) is 18.5 Å². The molecule has 6 heteroatoms. The molecule has 0 aromatic heterocycles. The van der Waals surface area contributed by atoms with Crippen LogP contribution < -0.4 is 14.8 Å². The third-order valence-electron chi connectivity index (χ3n) is 3.30. The second-order valence-electron chi connectivity index (χ2n) is 5.08. The van der Waals surface area contributed by atoms with E-state index >= 15 is 0 Å². The molecule has 0 bridgehead atoms. The quantitative estimate of drug-likeness (QED) is 0.824. The Morgan fingerprint density at radius 1 is 1.17 bits per heavy atom. The summed E-state index contributed by atoms with van der Waals surface area (Å²) in [6.07, 6.45) is -0.187. The van der Waals surface area contributed by atoms with Crippen LogP contribution in [0.15, 0.2) is 53.4 Å². The van der Waals surface area contributed by atoms with Crippen LogP contribution >= 0.6 is 11.8 Å². The SMILES string of the molecule is O=C(CSc1ccc(O)cc1)NC[C@@H]1COc2ccccc2O1. The number of para-hydroxylation sites is 2. The lowest BCUT2D eigenvalue weighted by molar-refractivity contribution is -0.119. The summed E-state index contributed by atoms with van der Waals surface area (Å²) in [7, 11) is 0. The first-order valence-corrected chi connectivity index (χ1v) is 8.26. The van der Waals surface area contributed by atoms with Crippen molar-refractivity contribution >= 4 is 17.7 Å². The number of nitrogens with one attached hydrogen (secondary N) is 1. The van der Waals surface area contributed by atoms with Gasteiger partial charge in [0.25, 0.3) is 0 Å². The first-order chi connectivity index (χ1) is 11.2. The summed E-state index contributed by atoms with van der Waals surface area (Å²) >= 11 is 1.42. The molecular formula is C17H17NO4S. The summed E-state index contributed by atoms with van der Waals surface area (Å²) in [5.41, 5.74) is 0. The maximum absolute atomic E-state index is 11.9. The van der Waals surface area contributed by atoms with Crippen molar-refractivity contribution in [1.29, 1.82) is 0 Å². The molecule has 0 saturated heterocycles. The molecule has 1 aliphatic rings. The highest BCUT2D eigenvalue weighted by Crippen LogP contribution is 2.30. The minimum atomic E-state index is -0.187. The van der Waals surface area contributed by atoms with E-state index < -0.39 is 0 Å². The van der Waals surface area contributed by atoms with E-state index in [2.05, 4.69) is 5.32 Å². The summed E-state index contributed by atoms with van der Waals surface area (Å²) in [6.45, 7) is 0.825. The van der Waals surface area contributed by atoms with Crippen LogP contribution in [0.4, 0.5) is 0 Å². The van der Waals surface area contributed by atoms with Gasteiger partial charge in [0.2, 0.25) is 5.91 Å². The van der Waals surface area contributed by atoms with Crippen LogP contribution in [0.3, 0.4) is 0 Å². The summed E-state index contributed by atoms with van der Waals surface area (Å²) in [4.78, 5) is 12.8. The molecule has 0 aliphatic carbocycles. The van der Waals surface area contributed by atoms with Crippen molar-refractivity contribution in [3.63, 3.8) is 0 Å². The number of hydrogen-bond donors (Lipinski definition) is 2. The van der Waals surface area contributed by atoms with E-state index in [4.69, 9.17) is 9.47 Å². The Morgan fingerprint density at radius 3 is 2.70 bits per heavy atom. The first kappa shape index (κ1) is 15.6. The van der Waals surface area contributed by atoms with Gasteiger partial charge in [-0.05, 0) is 36.4 Å². The lowest BCUT2D eigenvalue weighted by Gasteiger charge is -2.26. The fraction of sp³-hybridized carbons (Fsp3) is 0.235. The molecule has 2 aromatic rings. The second-order valence-corrected chi connectivity index (χ2v) is 6.13. The minimum Gasteiger partial charge on any atom is -0.508 e. The number of thioether (sulfide) groups is 1. The predicted octanol–water partition coefficient (Wildman–Crippen LogP) is 2.44. The van der Waals surface area contributed by atoms with E-state index in [1.165, 1.54) is 11.8 Å². The Balaban J connectivity index is 1.42. The van der Waals surface area contributed by atoms with E-state index in [0.717, 1.165) is 10.6 Å². The molecular weight excluding hydrogens is 314 g/mol. The van der Waals surface area contributed by atoms with Crippen molar-refractivity contribution in [1.82, 2.24) is 5.32 Å². The zero-order valence-electron chi connectivity index (χ0n) is 12.4. The fourth-order valence-corrected chi connectivity index (χ4v) is 2.86. The average Bonchev–Trinajstić information content (AvgIpc) is 2.59. The molecule has 5 nitrogen and oxygen atoms in total. The third-order valence-corrected chi connectivity index (χ3v) is 4.31. The Bertz CT molecular complexity index is 675. The van der Waals surface area contributed by atoms with E-state index in [1.807, 2.05) is 24.3 Å². The monoisotopic (exact) mass is 331 g/mol. The van der Waals surface area contributed by atoms with Gasteiger partial charge in [-0.2, -0.15) is 0 Å². The highest BCUT2D eigenvalue weighted by Gasteiger charge is 2.20. The Hall–Kier alpha value is -2.34. The van der Waals surface area contributed by atoms with Crippen LogP contribution in [0.2, 0.25) is 0 Å². The number of amides is 1. The Morgan fingerprint density at radius 2 is 1.91 bits per heavy atom. The number of carbonyl (C=O) groups excluding carboxylic acids is 1. The summed E-state index contributed by atoms with van der Waals surface area (Å²) in [5, 5.41) is 12.1. The fourth-order valence-electron chi connectivity index (χ4n) is 2.13. The number of phenols is 1. The van der Waals surface area contributed by atoms with Gasteiger partial charge in [-0.15, -0.1) is 11.8 Å². The predicted molar refractivity (Wildman–Crippen MR) is 88.2 cm³/mol. The van der Waals surface area contributed by atoms with Crippen molar-refractivity contribution < 1.29 is 19.4 Å². The van der Waals surface area contributed by atoms with Gasteiger partial charge >= 0.3 is 0 Å². The van der Waals surface area contributed by atoms with Crippen molar-refractivity contribution in [2.24, 2.45) is 0 Å². The van der Waals surface area contributed by atoms with Crippen LogP contribution in [0.1, 0.15) is 0 Å². The van der Waals surface area contributed by atoms with E-state index in [9.17, 15) is 9.90 Å². The first-order valence-electron chi connectivity index (χ1n) is 7.28. The number of hydrogen-bond acceptors (Lipinski definition) is 5. The summed E-state index contributed by atoms with van der Waals surface area (Å²) in [5.74, 6) is 1.91. The van der Waals surface area contributed by atoms with Gasteiger partial charge in [0.05, 0.1) is 12.3 Å². The molecule has 0 spiro atoms. The molecule has 0 radical (unpaired) electrons. The van der Waals surface area contributed by atoms with Crippen molar-refractivity contribution in [3.8, 4) is 17.2 Å². The normalized spacial score (nSPS) is 15.9. The molecule has 1 atom stereocenters. The molecule has 1 heterocycles. The smallest absolute Gasteiger partial charge is 0.230 e. The number of phenolic OH excluding ortho intramolecular Hbond substituents is 1. The number of benzene rings is 2. The van der Waals surface area contributed by atoms with Crippen molar-refractivity contribution in [2.45, 2.75) is 11.0 Å². The largest absolute Gasteiger partial charge is 0.508 e. The average molecular weight is 331 g/mol. The van der Waals surface area contributed by atoms with Gasteiger partial charge < -0.3 is 19.9 Å². The second kappa shape index (κ2) is 7.28. The Kier molecular flexibility index (Phi) is 4.92. The zero-order valence-corrected chi connectivity index (χ0v) is 13.2. The van der Waals surface area contributed by atoms with Gasteiger partial charge in [0.15, 0.2) is 11.5 Å². The lowest BCUT2D eigenvalue weighted by Crippen LogP contribution is -2.41. The lowest BCUT2D eigenvalue weighted by atomic mass is 10.2. The molecule has 23 heavy (non-hydrogen) atoms. The number of ether oxygens (including phenoxy) is 2. The van der Waals surface area contributed by atoms with E-state index in [0.29, 0.717) is 24.7 Å². The van der Waals surface area contributed by atoms with Crippen LogP contribution in [0.25, 0.3) is 0 Å².